The molecule has 1 aromatic carbocycles. The third-order valence-corrected chi connectivity index (χ3v) is 5.13. The van der Waals surface area contributed by atoms with E-state index in [0.717, 1.165) is 31.3 Å². The lowest BCUT2D eigenvalue weighted by molar-refractivity contribution is -0.137. The Bertz CT molecular complexity index is 895. The molecule has 0 aliphatic rings. The zero-order valence-corrected chi connectivity index (χ0v) is 15.5. The minimum Gasteiger partial charge on any atom is -0.481 e. The van der Waals surface area contributed by atoms with Crippen LogP contribution < -0.4 is 0 Å². The molecule has 0 bridgehead atoms. The van der Waals surface area contributed by atoms with Crippen molar-refractivity contribution < 1.29 is 9.90 Å². The van der Waals surface area contributed by atoms with E-state index in [1.807, 2.05) is 37.3 Å². The van der Waals surface area contributed by atoms with E-state index in [1.165, 1.54) is 11.8 Å². The molecule has 1 N–H and O–H groups in total. The number of carboxylic acid groups (broad SMARTS) is 1. The first-order valence-corrected chi connectivity index (χ1v) is 9.12. The molecular weight excluding hydrogens is 390 g/mol. The van der Waals surface area contributed by atoms with Gasteiger partial charge in [-0.2, -0.15) is 0 Å². The van der Waals surface area contributed by atoms with Gasteiger partial charge in [-0.1, -0.05) is 12.1 Å². The normalized spacial score (nSPS) is 11.1. The number of pyridine rings is 1. The van der Waals surface area contributed by atoms with Gasteiger partial charge in [-0.25, -0.2) is 9.97 Å². The van der Waals surface area contributed by atoms with Crippen LogP contribution >= 0.6 is 27.7 Å². The Morgan fingerprint density at radius 3 is 2.92 bits per heavy atom. The summed E-state index contributed by atoms with van der Waals surface area (Å²) in [5.41, 5.74) is 2.99. The molecular formula is C17H16BrN3O2S. The number of rotatable bonds is 6. The van der Waals surface area contributed by atoms with Crippen molar-refractivity contribution in [2.24, 2.45) is 0 Å². The summed E-state index contributed by atoms with van der Waals surface area (Å²) in [7, 11) is 0. The van der Waals surface area contributed by atoms with Gasteiger partial charge < -0.3 is 9.67 Å². The summed E-state index contributed by atoms with van der Waals surface area (Å²) in [6.07, 6.45) is 2.48. The highest BCUT2D eigenvalue weighted by molar-refractivity contribution is 9.10. The van der Waals surface area contributed by atoms with Crippen LogP contribution in [0.5, 0.6) is 0 Å². The Hall–Kier alpha value is -1.86. The number of hydrogen-bond donors (Lipinski definition) is 1. The van der Waals surface area contributed by atoms with E-state index in [-0.39, 0.29) is 6.42 Å². The number of para-hydroxylation sites is 2. The summed E-state index contributed by atoms with van der Waals surface area (Å²) < 4.78 is 3.02. The number of aryl methyl sites for hydroxylation is 2. The minimum atomic E-state index is -0.779. The smallest absolute Gasteiger partial charge is 0.303 e. The predicted molar refractivity (Wildman–Crippen MR) is 97.4 cm³/mol. The molecule has 2 heterocycles. The molecule has 5 nitrogen and oxygen atoms in total. The molecule has 24 heavy (non-hydrogen) atoms. The maximum atomic E-state index is 10.8. The Kier molecular flexibility index (Phi) is 5.20. The minimum absolute atomic E-state index is 0.145. The van der Waals surface area contributed by atoms with Crippen LogP contribution in [-0.4, -0.2) is 25.6 Å². The number of fused-ring (bicyclic) bond motifs is 1. The van der Waals surface area contributed by atoms with Crippen molar-refractivity contribution >= 4 is 44.7 Å². The van der Waals surface area contributed by atoms with Crippen LogP contribution in [-0.2, 0) is 11.3 Å². The average molecular weight is 406 g/mol. The van der Waals surface area contributed by atoms with Crippen LogP contribution in [0.2, 0.25) is 0 Å². The molecule has 0 radical (unpaired) electrons. The van der Waals surface area contributed by atoms with Gasteiger partial charge in [0.2, 0.25) is 0 Å². The van der Waals surface area contributed by atoms with E-state index >= 15 is 0 Å². The monoisotopic (exact) mass is 405 g/mol. The van der Waals surface area contributed by atoms with E-state index in [9.17, 15) is 4.79 Å². The van der Waals surface area contributed by atoms with Gasteiger partial charge in [0.25, 0.3) is 0 Å². The first kappa shape index (κ1) is 17.0. The summed E-state index contributed by atoms with van der Waals surface area (Å²) in [5, 5.41) is 10.6. The number of hydrogen-bond acceptors (Lipinski definition) is 4. The van der Waals surface area contributed by atoms with Crippen molar-refractivity contribution in [3.63, 3.8) is 0 Å². The van der Waals surface area contributed by atoms with Crippen molar-refractivity contribution in [2.45, 2.75) is 36.5 Å². The predicted octanol–water partition coefficient (Wildman–Crippen LogP) is 4.52. The number of benzene rings is 1. The Morgan fingerprint density at radius 2 is 2.17 bits per heavy atom. The highest BCUT2D eigenvalue weighted by Gasteiger charge is 2.14. The third kappa shape index (κ3) is 3.79. The molecule has 2 aromatic heterocycles. The van der Waals surface area contributed by atoms with Crippen LogP contribution in [0.15, 0.2) is 51.2 Å². The summed E-state index contributed by atoms with van der Waals surface area (Å²) in [5.74, 6) is -0.779. The summed E-state index contributed by atoms with van der Waals surface area (Å²) in [6.45, 7) is 2.63. The van der Waals surface area contributed by atoms with E-state index in [4.69, 9.17) is 10.1 Å². The maximum absolute atomic E-state index is 10.8. The number of halogens is 1. The summed E-state index contributed by atoms with van der Waals surface area (Å²) in [6, 6.07) is 9.92. The molecule has 0 spiro atoms. The van der Waals surface area contributed by atoms with Gasteiger partial charge in [0, 0.05) is 23.6 Å². The van der Waals surface area contributed by atoms with Gasteiger partial charge in [-0.05, 0) is 64.8 Å². The van der Waals surface area contributed by atoms with Crippen LogP contribution in [0.1, 0.15) is 18.4 Å². The standard InChI is InChI=1S/C17H16BrN3O2S/c1-11-9-12(18)10-19-16(11)24-17-20-13-5-2-3-6-14(13)21(17)8-4-7-15(22)23/h2-3,5-6,9-10H,4,7-8H2,1H3,(H,22,23). The number of aromatic nitrogens is 3. The second-order valence-electron chi connectivity index (χ2n) is 5.41. The molecule has 0 amide bonds. The Balaban J connectivity index is 1.95. The first-order valence-electron chi connectivity index (χ1n) is 7.51. The highest BCUT2D eigenvalue weighted by Crippen LogP contribution is 2.32. The van der Waals surface area contributed by atoms with Gasteiger partial charge >= 0.3 is 5.97 Å². The van der Waals surface area contributed by atoms with Gasteiger partial charge in [-0.15, -0.1) is 0 Å². The fourth-order valence-corrected chi connectivity index (χ4v) is 3.84. The topological polar surface area (TPSA) is 68.0 Å². The molecule has 0 fully saturated rings. The van der Waals surface area contributed by atoms with Gasteiger partial charge in [0.1, 0.15) is 5.03 Å². The fraction of sp³-hybridized carbons (Fsp3) is 0.235. The molecule has 3 aromatic rings. The molecule has 0 saturated heterocycles. The van der Waals surface area contributed by atoms with Crippen molar-refractivity contribution in [2.75, 3.05) is 0 Å². The highest BCUT2D eigenvalue weighted by atomic mass is 79.9. The maximum Gasteiger partial charge on any atom is 0.303 e. The fourth-order valence-electron chi connectivity index (χ4n) is 2.46. The lowest BCUT2D eigenvalue weighted by Crippen LogP contribution is -2.03. The second kappa shape index (κ2) is 7.36. The molecule has 7 heteroatoms. The van der Waals surface area contributed by atoms with Crippen molar-refractivity contribution in [1.29, 1.82) is 0 Å². The molecule has 0 saturated carbocycles. The summed E-state index contributed by atoms with van der Waals surface area (Å²) >= 11 is 4.93. The van der Waals surface area contributed by atoms with E-state index in [1.54, 1.807) is 6.20 Å². The number of carbonyl (C=O) groups is 1. The second-order valence-corrected chi connectivity index (χ2v) is 7.28. The molecule has 0 aliphatic heterocycles. The number of carboxylic acids is 1. The van der Waals surface area contributed by atoms with Gasteiger partial charge in [0.05, 0.1) is 11.0 Å². The largest absolute Gasteiger partial charge is 0.481 e. The summed E-state index contributed by atoms with van der Waals surface area (Å²) in [4.78, 5) is 20.0. The van der Waals surface area contributed by atoms with Crippen LogP contribution in [0.25, 0.3) is 11.0 Å². The molecule has 3 rings (SSSR count). The number of imidazole rings is 1. The van der Waals surface area contributed by atoms with Crippen molar-refractivity contribution in [3.8, 4) is 0 Å². The molecule has 0 unspecified atom stereocenters. The van der Waals surface area contributed by atoms with Crippen LogP contribution in [0.3, 0.4) is 0 Å². The van der Waals surface area contributed by atoms with Crippen LogP contribution in [0, 0.1) is 6.92 Å². The quantitative estimate of drug-likeness (QED) is 0.652. The molecule has 124 valence electrons. The third-order valence-electron chi connectivity index (χ3n) is 3.58. The Labute approximate surface area is 152 Å². The van der Waals surface area contributed by atoms with E-state index in [2.05, 4.69) is 25.5 Å². The average Bonchev–Trinajstić information content (AvgIpc) is 2.88. The number of nitrogens with zero attached hydrogens (tertiary/aromatic N) is 3. The number of aliphatic carboxylic acids is 1. The van der Waals surface area contributed by atoms with E-state index < -0.39 is 5.97 Å². The van der Waals surface area contributed by atoms with E-state index in [0.29, 0.717) is 13.0 Å². The van der Waals surface area contributed by atoms with Crippen LogP contribution in [0.4, 0.5) is 0 Å². The lowest BCUT2D eigenvalue weighted by Gasteiger charge is -2.09. The molecule has 0 aliphatic carbocycles. The van der Waals surface area contributed by atoms with Gasteiger partial charge in [-0.3, -0.25) is 4.79 Å². The first-order chi connectivity index (χ1) is 11.5. The van der Waals surface area contributed by atoms with Crippen molar-refractivity contribution in [3.05, 3.63) is 46.6 Å². The Morgan fingerprint density at radius 1 is 1.38 bits per heavy atom. The van der Waals surface area contributed by atoms with Crippen molar-refractivity contribution in [1.82, 2.24) is 14.5 Å². The zero-order chi connectivity index (χ0) is 17.1. The lowest BCUT2D eigenvalue weighted by atomic mass is 10.3. The SMILES string of the molecule is Cc1cc(Br)cnc1Sc1nc2ccccc2n1CCCC(=O)O. The van der Waals surface area contributed by atoms with Gasteiger partial charge in [0.15, 0.2) is 5.16 Å². The zero-order valence-electron chi connectivity index (χ0n) is 13.1. The molecule has 0 atom stereocenters.